The summed E-state index contributed by atoms with van der Waals surface area (Å²) in [6.45, 7) is 6.12. The lowest BCUT2D eigenvalue weighted by molar-refractivity contribution is 0.275. The molecule has 0 spiro atoms. The Balaban J connectivity index is 3.13. The van der Waals surface area contributed by atoms with Gasteiger partial charge in [-0.2, -0.15) is 0 Å². The van der Waals surface area contributed by atoms with Crippen molar-refractivity contribution in [3.05, 3.63) is 34.6 Å². The van der Waals surface area contributed by atoms with Crippen LogP contribution in [-0.4, -0.2) is 0 Å². The lowest BCUT2D eigenvalue weighted by atomic mass is 9.83. The van der Waals surface area contributed by atoms with Gasteiger partial charge in [0.15, 0.2) is 0 Å². The predicted octanol–water partition coefficient (Wildman–Crippen LogP) is 3.03. The van der Waals surface area contributed by atoms with E-state index in [1.54, 1.807) is 6.07 Å². The molecular weight excluding hydrogens is 215 g/mol. The van der Waals surface area contributed by atoms with Crippen LogP contribution in [0.2, 0.25) is 5.02 Å². The molecule has 1 aromatic carbocycles. The van der Waals surface area contributed by atoms with Crippen molar-refractivity contribution < 1.29 is 4.39 Å². The smallest absolute Gasteiger partial charge is 0.124 e. The van der Waals surface area contributed by atoms with Gasteiger partial charge in [0, 0.05) is 5.02 Å². The first-order valence-corrected chi connectivity index (χ1v) is 5.15. The highest BCUT2D eigenvalue weighted by molar-refractivity contribution is 6.31. The van der Waals surface area contributed by atoms with Gasteiger partial charge >= 0.3 is 0 Å². The maximum atomic E-state index is 12.9. The topological polar surface area (TPSA) is 38.0 Å². The average molecular weight is 231 g/mol. The van der Waals surface area contributed by atoms with E-state index in [1.807, 2.05) is 20.8 Å². The maximum absolute atomic E-state index is 12.9. The SMILES string of the molecule is CC(C)(C)C(NN)c1ccc(F)cc1Cl. The van der Waals surface area contributed by atoms with Crippen molar-refractivity contribution >= 4 is 11.6 Å². The van der Waals surface area contributed by atoms with Crippen molar-refractivity contribution in [2.24, 2.45) is 11.3 Å². The summed E-state index contributed by atoms with van der Waals surface area (Å²) in [5, 5.41) is 0.396. The third kappa shape index (κ3) is 2.91. The number of rotatable bonds is 2. The molecule has 84 valence electrons. The average Bonchev–Trinajstić information content (AvgIpc) is 2.07. The Morgan fingerprint density at radius 3 is 2.40 bits per heavy atom. The molecule has 3 N–H and O–H groups in total. The third-order valence-corrected chi connectivity index (χ3v) is 2.63. The van der Waals surface area contributed by atoms with Crippen molar-refractivity contribution in [1.29, 1.82) is 0 Å². The lowest BCUT2D eigenvalue weighted by Crippen LogP contribution is -2.37. The van der Waals surface area contributed by atoms with Gasteiger partial charge in [-0.3, -0.25) is 11.3 Å². The van der Waals surface area contributed by atoms with E-state index in [0.29, 0.717) is 5.02 Å². The fourth-order valence-corrected chi connectivity index (χ4v) is 1.82. The molecule has 1 rings (SSSR count). The number of nitrogens with one attached hydrogen (secondary N) is 1. The Bertz CT molecular complexity index is 347. The third-order valence-electron chi connectivity index (χ3n) is 2.31. The van der Waals surface area contributed by atoms with E-state index in [2.05, 4.69) is 5.43 Å². The zero-order valence-electron chi connectivity index (χ0n) is 9.14. The highest BCUT2D eigenvalue weighted by Crippen LogP contribution is 2.35. The number of hydrogen-bond donors (Lipinski definition) is 2. The molecule has 0 amide bonds. The van der Waals surface area contributed by atoms with Gasteiger partial charge in [-0.05, 0) is 23.1 Å². The fourth-order valence-electron chi connectivity index (χ4n) is 1.54. The van der Waals surface area contributed by atoms with E-state index in [9.17, 15) is 4.39 Å². The van der Waals surface area contributed by atoms with Gasteiger partial charge in [0.2, 0.25) is 0 Å². The summed E-state index contributed by atoms with van der Waals surface area (Å²) < 4.78 is 12.9. The molecule has 0 radical (unpaired) electrons. The first-order chi connectivity index (χ1) is 6.86. The molecule has 0 aliphatic heterocycles. The summed E-state index contributed by atoms with van der Waals surface area (Å²) in [6, 6.07) is 4.24. The molecule has 1 atom stereocenters. The second kappa shape index (κ2) is 4.47. The first kappa shape index (κ1) is 12.4. The Morgan fingerprint density at radius 2 is 2.00 bits per heavy atom. The summed E-state index contributed by atoms with van der Waals surface area (Å²) in [5.74, 6) is 5.16. The molecular formula is C11H16ClFN2. The number of hydrazine groups is 1. The van der Waals surface area contributed by atoms with Crippen LogP contribution in [0.5, 0.6) is 0 Å². The minimum Gasteiger partial charge on any atom is -0.271 e. The highest BCUT2D eigenvalue weighted by atomic mass is 35.5. The zero-order valence-corrected chi connectivity index (χ0v) is 9.90. The zero-order chi connectivity index (χ0) is 11.6. The second-order valence-corrected chi connectivity index (χ2v) is 5.04. The Labute approximate surface area is 94.6 Å². The molecule has 1 unspecified atom stereocenters. The van der Waals surface area contributed by atoms with Crippen LogP contribution in [-0.2, 0) is 0 Å². The quantitative estimate of drug-likeness (QED) is 0.606. The minimum atomic E-state index is -0.339. The highest BCUT2D eigenvalue weighted by Gasteiger charge is 2.26. The summed E-state index contributed by atoms with van der Waals surface area (Å²) in [6.07, 6.45) is 0. The molecule has 1 aromatic rings. The molecule has 0 bridgehead atoms. The summed E-state index contributed by atoms with van der Waals surface area (Å²) in [7, 11) is 0. The summed E-state index contributed by atoms with van der Waals surface area (Å²) >= 11 is 5.97. The van der Waals surface area contributed by atoms with Crippen molar-refractivity contribution in [2.75, 3.05) is 0 Å². The lowest BCUT2D eigenvalue weighted by Gasteiger charge is -2.31. The van der Waals surface area contributed by atoms with E-state index in [0.717, 1.165) is 5.56 Å². The number of hydrogen-bond acceptors (Lipinski definition) is 2. The normalized spacial score (nSPS) is 14.0. The van der Waals surface area contributed by atoms with Crippen LogP contribution in [0, 0.1) is 11.2 Å². The van der Waals surface area contributed by atoms with Gasteiger partial charge in [0.25, 0.3) is 0 Å². The van der Waals surface area contributed by atoms with Crippen molar-refractivity contribution in [2.45, 2.75) is 26.8 Å². The standard InChI is InChI=1S/C11H16ClFN2/c1-11(2,3)10(15-14)8-5-4-7(13)6-9(8)12/h4-6,10,15H,14H2,1-3H3. The van der Waals surface area contributed by atoms with E-state index in [4.69, 9.17) is 17.4 Å². The van der Waals surface area contributed by atoms with E-state index in [-0.39, 0.29) is 17.3 Å². The number of nitrogens with two attached hydrogens (primary N) is 1. The van der Waals surface area contributed by atoms with Gasteiger partial charge in [-0.25, -0.2) is 4.39 Å². The molecule has 0 aliphatic carbocycles. The maximum Gasteiger partial charge on any atom is 0.124 e. The molecule has 0 saturated carbocycles. The van der Waals surface area contributed by atoms with Crippen LogP contribution in [0.15, 0.2) is 18.2 Å². The van der Waals surface area contributed by atoms with Crippen LogP contribution in [0.1, 0.15) is 32.4 Å². The molecule has 0 fully saturated rings. The fraction of sp³-hybridized carbons (Fsp3) is 0.455. The number of benzene rings is 1. The van der Waals surface area contributed by atoms with Gasteiger partial charge in [-0.15, -0.1) is 0 Å². The van der Waals surface area contributed by atoms with Crippen molar-refractivity contribution in [3.8, 4) is 0 Å². The Morgan fingerprint density at radius 1 is 1.40 bits per heavy atom. The second-order valence-electron chi connectivity index (χ2n) is 4.63. The van der Waals surface area contributed by atoms with Gasteiger partial charge in [-0.1, -0.05) is 38.4 Å². The van der Waals surface area contributed by atoms with Crippen LogP contribution in [0.25, 0.3) is 0 Å². The number of halogens is 2. The summed E-state index contributed by atoms with van der Waals surface area (Å²) in [4.78, 5) is 0. The molecule has 0 saturated heterocycles. The monoisotopic (exact) mass is 230 g/mol. The Kier molecular flexibility index (Phi) is 3.71. The van der Waals surface area contributed by atoms with E-state index in [1.165, 1.54) is 12.1 Å². The predicted molar refractivity (Wildman–Crippen MR) is 60.9 cm³/mol. The molecule has 0 aliphatic rings. The molecule has 0 aromatic heterocycles. The minimum absolute atomic E-state index is 0.0871. The Hall–Kier alpha value is -0.640. The van der Waals surface area contributed by atoms with Crippen molar-refractivity contribution in [3.63, 3.8) is 0 Å². The van der Waals surface area contributed by atoms with Gasteiger partial charge in [0.05, 0.1) is 6.04 Å². The van der Waals surface area contributed by atoms with Gasteiger partial charge < -0.3 is 0 Å². The van der Waals surface area contributed by atoms with Crippen LogP contribution < -0.4 is 11.3 Å². The largest absolute Gasteiger partial charge is 0.271 e. The molecule has 15 heavy (non-hydrogen) atoms. The first-order valence-electron chi connectivity index (χ1n) is 4.77. The molecule has 2 nitrogen and oxygen atoms in total. The molecule has 4 heteroatoms. The summed E-state index contributed by atoms with van der Waals surface area (Å²) in [5.41, 5.74) is 3.44. The molecule has 0 heterocycles. The van der Waals surface area contributed by atoms with E-state index >= 15 is 0 Å². The van der Waals surface area contributed by atoms with Crippen LogP contribution in [0.3, 0.4) is 0 Å². The van der Waals surface area contributed by atoms with Crippen LogP contribution >= 0.6 is 11.6 Å². The van der Waals surface area contributed by atoms with E-state index < -0.39 is 0 Å². The van der Waals surface area contributed by atoms with Crippen molar-refractivity contribution in [1.82, 2.24) is 5.43 Å². The van der Waals surface area contributed by atoms with Gasteiger partial charge in [0.1, 0.15) is 5.82 Å². The van der Waals surface area contributed by atoms with Crippen LogP contribution in [0.4, 0.5) is 4.39 Å².